The van der Waals surface area contributed by atoms with Crippen LogP contribution in [0.15, 0.2) is 23.4 Å². The van der Waals surface area contributed by atoms with Crippen molar-refractivity contribution in [1.29, 1.82) is 0 Å². The molecule has 1 heterocycles. The van der Waals surface area contributed by atoms with Gasteiger partial charge in [-0.25, -0.2) is 4.98 Å². The summed E-state index contributed by atoms with van der Waals surface area (Å²) in [4.78, 5) is 7.97. The van der Waals surface area contributed by atoms with Gasteiger partial charge in [-0.3, -0.25) is 0 Å². The number of fused-ring (bicyclic) bond motifs is 1. The maximum Gasteiger partial charge on any atom is 0.166 e. The van der Waals surface area contributed by atoms with Crippen LogP contribution >= 0.6 is 11.8 Å². The lowest BCUT2D eigenvalue weighted by atomic mass is 10.2. The Morgan fingerprint density at radius 2 is 2.24 bits per heavy atom. The lowest BCUT2D eigenvalue weighted by Gasteiger charge is -2.10. The molecule has 116 valence electrons. The second kappa shape index (κ2) is 8.29. The number of nitrogens with zero attached hydrogens (tertiary/aromatic N) is 1. The summed E-state index contributed by atoms with van der Waals surface area (Å²) >= 11 is 1.79. The third-order valence-corrected chi connectivity index (χ3v) is 4.28. The van der Waals surface area contributed by atoms with Gasteiger partial charge in [-0.05, 0) is 45.4 Å². The van der Waals surface area contributed by atoms with E-state index in [1.165, 1.54) is 12.8 Å². The minimum atomic E-state index is 0.597. The van der Waals surface area contributed by atoms with E-state index in [0.717, 1.165) is 34.2 Å². The molecule has 0 saturated heterocycles. The number of aromatic amines is 1. The number of thioether (sulfide) groups is 1. The standard InChI is InChI=1S/C16H25N3OS/c1-4-17-12(3)7-6-10-21-16-18-14-9-8-13(20-5-2)11-15(14)19-16/h8-9,11-12,17H,4-7,10H2,1-3H3,(H,18,19). The largest absolute Gasteiger partial charge is 0.494 e. The zero-order chi connectivity index (χ0) is 15.1. The van der Waals surface area contributed by atoms with Gasteiger partial charge in [-0.1, -0.05) is 18.7 Å². The number of benzene rings is 1. The predicted molar refractivity (Wildman–Crippen MR) is 90.4 cm³/mol. The first-order chi connectivity index (χ1) is 10.2. The fraction of sp³-hybridized carbons (Fsp3) is 0.562. The number of hydrogen-bond acceptors (Lipinski definition) is 4. The number of ether oxygens (including phenoxy) is 1. The van der Waals surface area contributed by atoms with Crippen molar-refractivity contribution >= 4 is 22.8 Å². The van der Waals surface area contributed by atoms with Crippen molar-refractivity contribution in [3.63, 3.8) is 0 Å². The van der Waals surface area contributed by atoms with Crippen molar-refractivity contribution in [2.24, 2.45) is 0 Å². The topological polar surface area (TPSA) is 49.9 Å². The molecular weight excluding hydrogens is 282 g/mol. The van der Waals surface area contributed by atoms with Crippen LogP contribution in [-0.2, 0) is 0 Å². The quantitative estimate of drug-likeness (QED) is 0.546. The SMILES string of the molecule is CCNC(C)CCCSc1nc2ccc(OCC)cc2[nH]1. The molecule has 4 nitrogen and oxygen atoms in total. The van der Waals surface area contributed by atoms with Gasteiger partial charge in [-0.15, -0.1) is 0 Å². The molecule has 0 fully saturated rings. The average molecular weight is 307 g/mol. The van der Waals surface area contributed by atoms with Crippen molar-refractivity contribution in [3.8, 4) is 5.75 Å². The van der Waals surface area contributed by atoms with Crippen molar-refractivity contribution in [1.82, 2.24) is 15.3 Å². The maximum absolute atomic E-state index is 5.51. The Morgan fingerprint density at radius 1 is 1.38 bits per heavy atom. The lowest BCUT2D eigenvalue weighted by Crippen LogP contribution is -2.25. The minimum Gasteiger partial charge on any atom is -0.494 e. The van der Waals surface area contributed by atoms with Crippen LogP contribution in [0.5, 0.6) is 5.75 Å². The van der Waals surface area contributed by atoms with Gasteiger partial charge in [0.05, 0.1) is 17.6 Å². The molecule has 1 atom stereocenters. The van der Waals surface area contributed by atoms with E-state index >= 15 is 0 Å². The van der Waals surface area contributed by atoms with Crippen LogP contribution in [0.2, 0.25) is 0 Å². The van der Waals surface area contributed by atoms with Crippen LogP contribution in [-0.4, -0.2) is 34.9 Å². The summed E-state index contributed by atoms with van der Waals surface area (Å²) < 4.78 is 5.51. The van der Waals surface area contributed by atoms with Gasteiger partial charge in [-0.2, -0.15) is 0 Å². The summed E-state index contributed by atoms with van der Waals surface area (Å²) in [5.74, 6) is 1.98. The van der Waals surface area contributed by atoms with E-state index in [4.69, 9.17) is 4.74 Å². The Kier molecular flexibility index (Phi) is 6.39. The fourth-order valence-electron chi connectivity index (χ4n) is 2.30. The second-order valence-corrected chi connectivity index (χ2v) is 6.19. The number of imidazole rings is 1. The molecular formula is C16H25N3OS. The molecule has 1 aromatic carbocycles. The highest BCUT2D eigenvalue weighted by molar-refractivity contribution is 7.99. The highest BCUT2D eigenvalue weighted by atomic mass is 32.2. The van der Waals surface area contributed by atoms with Crippen LogP contribution in [0.3, 0.4) is 0 Å². The number of hydrogen-bond donors (Lipinski definition) is 2. The molecule has 0 aliphatic carbocycles. The van der Waals surface area contributed by atoms with E-state index in [1.807, 2.05) is 25.1 Å². The molecule has 0 radical (unpaired) electrons. The van der Waals surface area contributed by atoms with Gasteiger partial charge in [0.25, 0.3) is 0 Å². The van der Waals surface area contributed by atoms with E-state index in [1.54, 1.807) is 11.8 Å². The van der Waals surface area contributed by atoms with E-state index in [2.05, 4.69) is 29.1 Å². The molecule has 0 spiro atoms. The molecule has 0 amide bonds. The zero-order valence-corrected chi connectivity index (χ0v) is 13.9. The molecule has 2 rings (SSSR count). The van der Waals surface area contributed by atoms with Crippen molar-refractivity contribution in [2.45, 2.75) is 44.8 Å². The smallest absolute Gasteiger partial charge is 0.166 e. The third kappa shape index (κ3) is 4.93. The number of aromatic nitrogens is 2. The van der Waals surface area contributed by atoms with Crippen molar-refractivity contribution in [2.75, 3.05) is 18.9 Å². The second-order valence-electron chi connectivity index (χ2n) is 5.10. The number of nitrogens with one attached hydrogen (secondary N) is 2. The first-order valence-corrected chi connectivity index (χ1v) is 8.70. The monoisotopic (exact) mass is 307 g/mol. The molecule has 1 unspecified atom stereocenters. The van der Waals surface area contributed by atoms with E-state index < -0.39 is 0 Å². The highest BCUT2D eigenvalue weighted by Gasteiger charge is 2.05. The van der Waals surface area contributed by atoms with Crippen LogP contribution < -0.4 is 10.1 Å². The lowest BCUT2D eigenvalue weighted by molar-refractivity contribution is 0.340. The Bertz CT molecular complexity index is 555. The minimum absolute atomic E-state index is 0.597. The summed E-state index contributed by atoms with van der Waals surface area (Å²) in [5.41, 5.74) is 2.05. The Morgan fingerprint density at radius 3 is 3.00 bits per heavy atom. The van der Waals surface area contributed by atoms with Crippen molar-refractivity contribution in [3.05, 3.63) is 18.2 Å². The first kappa shape index (κ1) is 16.2. The summed E-state index contributed by atoms with van der Waals surface area (Å²) in [6, 6.07) is 6.59. The molecule has 0 bridgehead atoms. The van der Waals surface area contributed by atoms with Crippen molar-refractivity contribution < 1.29 is 4.74 Å². The average Bonchev–Trinajstić information content (AvgIpc) is 2.86. The molecule has 2 aromatic rings. The third-order valence-electron chi connectivity index (χ3n) is 3.32. The summed E-state index contributed by atoms with van der Waals surface area (Å²) in [7, 11) is 0. The molecule has 1 aromatic heterocycles. The molecule has 0 aliphatic rings. The van der Waals surface area contributed by atoms with Gasteiger partial charge < -0.3 is 15.0 Å². The van der Waals surface area contributed by atoms with E-state index in [0.29, 0.717) is 12.6 Å². The van der Waals surface area contributed by atoms with E-state index in [-0.39, 0.29) is 0 Å². The van der Waals surface area contributed by atoms with Crippen LogP contribution in [0, 0.1) is 0 Å². The Labute approximate surface area is 131 Å². The predicted octanol–water partition coefficient (Wildman–Crippen LogP) is 3.83. The highest BCUT2D eigenvalue weighted by Crippen LogP contribution is 2.24. The van der Waals surface area contributed by atoms with Crippen LogP contribution in [0.25, 0.3) is 11.0 Å². The number of rotatable bonds is 9. The fourth-order valence-corrected chi connectivity index (χ4v) is 3.15. The maximum atomic E-state index is 5.51. The Balaban J connectivity index is 1.85. The Hall–Kier alpha value is -1.20. The van der Waals surface area contributed by atoms with Crippen LogP contribution in [0.1, 0.15) is 33.6 Å². The zero-order valence-electron chi connectivity index (χ0n) is 13.1. The van der Waals surface area contributed by atoms with Gasteiger partial charge in [0, 0.05) is 17.9 Å². The summed E-state index contributed by atoms with van der Waals surface area (Å²) in [6.07, 6.45) is 2.40. The first-order valence-electron chi connectivity index (χ1n) is 7.71. The van der Waals surface area contributed by atoms with E-state index in [9.17, 15) is 0 Å². The summed E-state index contributed by atoms with van der Waals surface area (Å²) in [5, 5.41) is 4.43. The van der Waals surface area contributed by atoms with Gasteiger partial charge in [0.1, 0.15) is 5.75 Å². The normalized spacial score (nSPS) is 12.7. The summed E-state index contributed by atoms with van der Waals surface area (Å²) in [6.45, 7) is 8.11. The molecule has 5 heteroatoms. The molecule has 0 aliphatic heterocycles. The van der Waals surface area contributed by atoms with Gasteiger partial charge >= 0.3 is 0 Å². The number of H-pyrrole nitrogens is 1. The van der Waals surface area contributed by atoms with Gasteiger partial charge in [0.2, 0.25) is 0 Å². The van der Waals surface area contributed by atoms with Crippen LogP contribution in [0.4, 0.5) is 0 Å². The van der Waals surface area contributed by atoms with Gasteiger partial charge in [0.15, 0.2) is 5.16 Å². The molecule has 21 heavy (non-hydrogen) atoms. The molecule has 2 N–H and O–H groups in total. The molecule has 0 saturated carbocycles.